The molecular formula is C19H24N2O3S. The average molecular weight is 360 g/mol. The number of ether oxygens (including phenoxy) is 2. The van der Waals surface area contributed by atoms with E-state index in [9.17, 15) is 4.79 Å². The molecule has 0 radical (unpaired) electrons. The van der Waals surface area contributed by atoms with Gasteiger partial charge in [-0.3, -0.25) is 4.79 Å². The molecule has 2 aromatic rings. The van der Waals surface area contributed by atoms with Crippen LogP contribution in [0.3, 0.4) is 0 Å². The van der Waals surface area contributed by atoms with Crippen molar-refractivity contribution in [1.29, 1.82) is 0 Å². The Morgan fingerprint density at radius 2 is 2.04 bits per heavy atom. The molecule has 0 bridgehead atoms. The van der Waals surface area contributed by atoms with Crippen LogP contribution in [-0.4, -0.2) is 36.0 Å². The van der Waals surface area contributed by atoms with Gasteiger partial charge < -0.3 is 14.4 Å². The number of rotatable bonds is 5. The van der Waals surface area contributed by atoms with E-state index in [-0.39, 0.29) is 5.91 Å². The fourth-order valence-electron chi connectivity index (χ4n) is 3.39. The number of nitrogens with zero attached hydrogens (tertiary/aromatic N) is 2. The molecule has 2 heterocycles. The number of amides is 1. The smallest absolute Gasteiger partial charge is 0.254 e. The van der Waals surface area contributed by atoms with Crippen LogP contribution in [0.15, 0.2) is 29.1 Å². The molecule has 0 spiro atoms. The van der Waals surface area contributed by atoms with Crippen molar-refractivity contribution in [2.45, 2.75) is 26.9 Å². The fourth-order valence-corrected chi connectivity index (χ4v) is 3.93. The van der Waals surface area contributed by atoms with Crippen molar-refractivity contribution in [3.63, 3.8) is 0 Å². The third-order valence-corrected chi connectivity index (χ3v) is 5.06. The van der Waals surface area contributed by atoms with Crippen LogP contribution in [0.1, 0.15) is 36.3 Å². The van der Waals surface area contributed by atoms with Gasteiger partial charge in [0, 0.05) is 24.0 Å². The number of methoxy groups -OCH3 is 1. The molecule has 0 saturated carbocycles. The van der Waals surface area contributed by atoms with E-state index < -0.39 is 0 Å². The lowest BCUT2D eigenvalue weighted by molar-refractivity contribution is 0.0622. The predicted octanol–water partition coefficient (Wildman–Crippen LogP) is 3.85. The molecule has 1 aromatic heterocycles. The first-order valence-electron chi connectivity index (χ1n) is 8.54. The summed E-state index contributed by atoms with van der Waals surface area (Å²) < 4.78 is 11.2. The van der Waals surface area contributed by atoms with Gasteiger partial charge in [0.25, 0.3) is 5.91 Å². The molecule has 2 atom stereocenters. The average Bonchev–Trinajstić information content (AvgIpc) is 3.12. The van der Waals surface area contributed by atoms with Crippen LogP contribution in [0.25, 0.3) is 0 Å². The Balaban J connectivity index is 1.72. The number of piperidine rings is 1. The van der Waals surface area contributed by atoms with Gasteiger partial charge in [-0.25, -0.2) is 4.98 Å². The summed E-state index contributed by atoms with van der Waals surface area (Å²) in [6.07, 6.45) is 1.18. The van der Waals surface area contributed by atoms with Crippen LogP contribution in [0.4, 0.5) is 0 Å². The first kappa shape index (κ1) is 17.7. The van der Waals surface area contributed by atoms with Gasteiger partial charge in [0.15, 0.2) is 11.5 Å². The number of carbonyl (C=O) groups is 1. The monoisotopic (exact) mass is 360 g/mol. The van der Waals surface area contributed by atoms with E-state index in [4.69, 9.17) is 9.47 Å². The molecule has 1 fully saturated rings. The first-order chi connectivity index (χ1) is 12.1. The highest BCUT2D eigenvalue weighted by atomic mass is 32.1. The lowest BCUT2D eigenvalue weighted by Crippen LogP contribution is -2.42. The Hall–Kier alpha value is -2.08. The predicted molar refractivity (Wildman–Crippen MR) is 98.3 cm³/mol. The highest BCUT2D eigenvalue weighted by molar-refractivity contribution is 7.07. The van der Waals surface area contributed by atoms with Crippen LogP contribution >= 0.6 is 11.3 Å². The van der Waals surface area contributed by atoms with Crippen molar-refractivity contribution in [3.8, 4) is 11.5 Å². The minimum atomic E-state index is 0.0581. The summed E-state index contributed by atoms with van der Waals surface area (Å²) in [6.45, 7) is 6.41. The normalized spacial score (nSPS) is 20.4. The molecule has 2 unspecified atom stereocenters. The maximum Gasteiger partial charge on any atom is 0.254 e. The highest BCUT2D eigenvalue weighted by Crippen LogP contribution is 2.30. The van der Waals surface area contributed by atoms with Crippen LogP contribution in [0, 0.1) is 11.8 Å². The number of benzene rings is 1. The van der Waals surface area contributed by atoms with Crippen molar-refractivity contribution < 1.29 is 14.3 Å². The summed E-state index contributed by atoms with van der Waals surface area (Å²) in [5.41, 5.74) is 3.29. The first-order valence-corrected chi connectivity index (χ1v) is 9.48. The van der Waals surface area contributed by atoms with Crippen molar-refractivity contribution in [2.75, 3.05) is 20.2 Å². The number of carbonyl (C=O) groups excluding carboxylic acids is 1. The topological polar surface area (TPSA) is 51.7 Å². The van der Waals surface area contributed by atoms with Crippen molar-refractivity contribution in [1.82, 2.24) is 9.88 Å². The van der Waals surface area contributed by atoms with Gasteiger partial charge >= 0.3 is 0 Å². The highest BCUT2D eigenvalue weighted by Gasteiger charge is 2.26. The molecule has 0 N–H and O–H groups in total. The minimum absolute atomic E-state index is 0.0581. The Morgan fingerprint density at radius 1 is 1.28 bits per heavy atom. The standard InChI is InChI=1S/C19H24N2O3S/c1-13-6-14(2)9-21(8-13)19(22)15-4-5-17(18(7-15)23-3)24-10-16-11-25-12-20-16/h4-5,7,11-14H,6,8-10H2,1-3H3. The summed E-state index contributed by atoms with van der Waals surface area (Å²) >= 11 is 1.53. The van der Waals surface area contributed by atoms with Crippen molar-refractivity contribution >= 4 is 17.2 Å². The molecule has 5 nitrogen and oxygen atoms in total. The van der Waals surface area contributed by atoms with Crippen LogP contribution in [0.5, 0.6) is 11.5 Å². The van der Waals surface area contributed by atoms with Crippen LogP contribution in [-0.2, 0) is 6.61 Å². The molecule has 3 rings (SSSR count). The van der Waals surface area contributed by atoms with Gasteiger partial charge in [0.1, 0.15) is 6.61 Å². The zero-order valence-electron chi connectivity index (χ0n) is 14.9. The zero-order chi connectivity index (χ0) is 17.8. The minimum Gasteiger partial charge on any atom is -0.493 e. The molecule has 1 aliphatic rings. The third-order valence-electron chi connectivity index (χ3n) is 4.43. The van der Waals surface area contributed by atoms with E-state index in [1.165, 1.54) is 17.8 Å². The number of likely N-dealkylation sites (tertiary alicyclic amines) is 1. The maximum absolute atomic E-state index is 12.8. The summed E-state index contributed by atoms with van der Waals surface area (Å²) in [6, 6.07) is 5.38. The number of hydrogen-bond donors (Lipinski definition) is 0. The molecule has 1 aliphatic heterocycles. The largest absolute Gasteiger partial charge is 0.493 e. The molecule has 1 amide bonds. The number of thiazole rings is 1. The second kappa shape index (κ2) is 7.87. The summed E-state index contributed by atoms with van der Waals surface area (Å²) in [5.74, 6) is 2.32. The summed E-state index contributed by atoms with van der Waals surface area (Å²) in [5, 5.41) is 1.95. The van der Waals surface area contributed by atoms with Crippen molar-refractivity contribution in [3.05, 3.63) is 40.3 Å². The van der Waals surface area contributed by atoms with Crippen molar-refractivity contribution in [2.24, 2.45) is 11.8 Å². The Labute approximate surface area is 152 Å². The number of hydrogen-bond acceptors (Lipinski definition) is 5. The Bertz CT molecular complexity index is 707. The van der Waals surface area contributed by atoms with Crippen LogP contribution < -0.4 is 9.47 Å². The van der Waals surface area contributed by atoms with Gasteiger partial charge in [-0.1, -0.05) is 13.8 Å². The summed E-state index contributed by atoms with van der Waals surface area (Å²) in [7, 11) is 1.59. The molecule has 134 valence electrons. The molecular weight excluding hydrogens is 336 g/mol. The molecule has 1 saturated heterocycles. The molecule has 6 heteroatoms. The van der Waals surface area contributed by atoms with E-state index in [0.29, 0.717) is 35.5 Å². The maximum atomic E-state index is 12.8. The second-order valence-electron chi connectivity index (χ2n) is 6.79. The SMILES string of the molecule is COc1cc(C(=O)N2CC(C)CC(C)C2)ccc1OCc1cscn1. The van der Waals surface area contributed by atoms with E-state index in [0.717, 1.165) is 18.8 Å². The Kier molecular flexibility index (Phi) is 5.58. The molecule has 25 heavy (non-hydrogen) atoms. The van der Waals surface area contributed by atoms with E-state index in [1.807, 2.05) is 16.3 Å². The van der Waals surface area contributed by atoms with E-state index >= 15 is 0 Å². The second-order valence-corrected chi connectivity index (χ2v) is 7.51. The van der Waals surface area contributed by atoms with E-state index in [2.05, 4.69) is 18.8 Å². The van der Waals surface area contributed by atoms with E-state index in [1.54, 1.807) is 24.8 Å². The van der Waals surface area contributed by atoms with Crippen LogP contribution in [0.2, 0.25) is 0 Å². The third kappa shape index (κ3) is 4.31. The zero-order valence-corrected chi connectivity index (χ0v) is 15.7. The Morgan fingerprint density at radius 3 is 2.68 bits per heavy atom. The van der Waals surface area contributed by atoms with Gasteiger partial charge in [-0.15, -0.1) is 11.3 Å². The van der Waals surface area contributed by atoms with Gasteiger partial charge in [0.2, 0.25) is 0 Å². The van der Waals surface area contributed by atoms with Gasteiger partial charge in [0.05, 0.1) is 18.3 Å². The molecule has 0 aliphatic carbocycles. The fraction of sp³-hybridized carbons (Fsp3) is 0.474. The lowest BCUT2D eigenvalue weighted by Gasteiger charge is -2.35. The summed E-state index contributed by atoms with van der Waals surface area (Å²) in [4.78, 5) is 19.0. The van der Waals surface area contributed by atoms with Gasteiger partial charge in [-0.05, 0) is 36.5 Å². The quantitative estimate of drug-likeness (QED) is 0.813. The van der Waals surface area contributed by atoms with Gasteiger partial charge in [-0.2, -0.15) is 0 Å². The molecule has 1 aromatic carbocycles. The number of aromatic nitrogens is 1. The lowest BCUT2D eigenvalue weighted by atomic mass is 9.91.